The molecular weight excluding hydrogens is 171 g/mol. The molecule has 4 heteroatoms. The minimum Gasteiger partial charge on any atom is -0.549 e. The Morgan fingerprint density at radius 3 is 2.45 bits per heavy atom. The van der Waals surface area contributed by atoms with Crippen molar-refractivity contribution in [3.63, 3.8) is 0 Å². The summed E-state index contributed by atoms with van der Waals surface area (Å²) in [6.07, 6.45) is 4.92. The molecule has 2 nitrogen and oxygen atoms in total. The van der Waals surface area contributed by atoms with Gasteiger partial charge in [-0.05, 0) is 12.8 Å². The van der Waals surface area contributed by atoms with E-state index in [0.29, 0.717) is 5.25 Å². The van der Waals surface area contributed by atoms with E-state index >= 15 is 0 Å². The van der Waals surface area contributed by atoms with E-state index in [1.165, 1.54) is 37.4 Å². The molecule has 0 saturated heterocycles. The van der Waals surface area contributed by atoms with Crippen molar-refractivity contribution in [2.24, 2.45) is 0 Å². The van der Waals surface area contributed by atoms with Gasteiger partial charge in [0.2, 0.25) is 0 Å². The average Bonchev–Trinajstić information content (AvgIpc) is 2.34. The number of rotatable bonds is 3. The minimum absolute atomic E-state index is 0. The Balaban J connectivity index is 0.000001000. The monoisotopic (exact) mass is 182 g/mol. The second-order valence-corrected chi connectivity index (χ2v) is 3.88. The van der Waals surface area contributed by atoms with Crippen molar-refractivity contribution in [2.75, 3.05) is 5.75 Å². The maximum atomic E-state index is 10.0. The summed E-state index contributed by atoms with van der Waals surface area (Å²) in [6.45, 7) is 0. The smallest absolute Gasteiger partial charge is 0.549 e. The van der Waals surface area contributed by atoms with Crippen LogP contribution < -0.4 is 34.7 Å². The standard InChI is InChI=1S/C7H12O2S.Na/c8-7(9)5-10-6-3-1-2-4-6;/h6H,1-5H2,(H,8,9);/q;+1/p-1. The molecule has 0 amide bonds. The van der Waals surface area contributed by atoms with Crippen LogP contribution in [0.25, 0.3) is 0 Å². The molecule has 1 aliphatic rings. The van der Waals surface area contributed by atoms with Gasteiger partial charge >= 0.3 is 29.6 Å². The first-order valence-electron chi connectivity index (χ1n) is 3.60. The molecule has 0 bridgehead atoms. The molecule has 0 heterocycles. The Kier molecular flexibility index (Phi) is 6.82. The van der Waals surface area contributed by atoms with Crippen LogP contribution in [0.5, 0.6) is 0 Å². The molecule has 0 aliphatic heterocycles. The van der Waals surface area contributed by atoms with E-state index in [9.17, 15) is 9.90 Å². The maximum absolute atomic E-state index is 10.0. The Hall–Kier alpha value is 0.820. The Labute approximate surface area is 93.4 Å². The fourth-order valence-corrected chi connectivity index (χ4v) is 2.28. The van der Waals surface area contributed by atoms with Crippen molar-refractivity contribution in [1.82, 2.24) is 0 Å². The van der Waals surface area contributed by atoms with Crippen molar-refractivity contribution in [3.05, 3.63) is 0 Å². The van der Waals surface area contributed by atoms with Crippen LogP contribution in [0.1, 0.15) is 25.7 Å². The summed E-state index contributed by atoms with van der Waals surface area (Å²) in [5.41, 5.74) is 0. The maximum Gasteiger partial charge on any atom is 1.00 e. The van der Waals surface area contributed by atoms with E-state index < -0.39 is 5.97 Å². The molecule has 11 heavy (non-hydrogen) atoms. The predicted molar refractivity (Wildman–Crippen MR) is 39.7 cm³/mol. The third-order valence-corrected chi connectivity index (χ3v) is 3.08. The molecule has 0 radical (unpaired) electrons. The van der Waals surface area contributed by atoms with E-state index in [2.05, 4.69) is 0 Å². The number of thioether (sulfide) groups is 1. The molecular formula is C7H11NaO2S. The number of carbonyl (C=O) groups is 1. The summed E-state index contributed by atoms with van der Waals surface area (Å²) in [5, 5.41) is 10.6. The SMILES string of the molecule is O=C([O-])CSC1CCCC1.[Na+]. The molecule has 0 spiro atoms. The fourth-order valence-electron chi connectivity index (χ4n) is 1.24. The van der Waals surface area contributed by atoms with E-state index in [0.717, 1.165) is 0 Å². The molecule has 1 fully saturated rings. The van der Waals surface area contributed by atoms with E-state index in [1.54, 1.807) is 0 Å². The summed E-state index contributed by atoms with van der Waals surface area (Å²) in [7, 11) is 0. The number of hydrogen-bond donors (Lipinski definition) is 0. The molecule has 58 valence electrons. The largest absolute Gasteiger partial charge is 1.00 e. The van der Waals surface area contributed by atoms with Crippen molar-refractivity contribution in [2.45, 2.75) is 30.9 Å². The van der Waals surface area contributed by atoms with Gasteiger partial charge < -0.3 is 9.90 Å². The summed E-state index contributed by atoms with van der Waals surface area (Å²) >= 11 is 1.53. The first-order valence-corrected chi connectivity index (χ1v) is 4.65. The number of aliphatic carboxylic acids is 1. The molecule has 0 unspecified atom stereocenters. The molecule has 0 atom stereocenters. The molecule has 0 aromatic rings. The number of carbonyl (C=O) groups excluding carboxylic acids is 1. The van der Waals surface area contributed by atoms with Gasteiger partial charge in [-0.15, -0.1) is 0 Å². The molecule has 1 saturated carbocycles. The summed E-state index contributed by atoms with van der Waals surface area (Å²) in [6, 6.07) is 0. The van der Waals surface area contributed by atoms with Crippen molar-refractivity contribution < 1.29 is 39.5 Å². The molecule has 0 aromatic heterocycles. The second-order valence-electron chi connectivity index (χ2n) is 2.59. The van der Waals surface area contributed by atoms with E-state index in [4.69, 9.17) is 0 Å². The minimum atomic E-state index is -0.933. The molecule has 1 rings (SSSR count). The van der Waals surface area contributed by atoms with Gasteiger partial charge in [-0.2, -0.15) is 11.8 Å². The van der Waals surface area contributed by atoms with Crippen LogP contribution in [0.3, 0.4) is 0 Å². The van der Waals surface area contributed by atoms with Crippen LogP contribution in [-0.2, 0) is 4.79 Å². The number of hydrogen-bond acceptors (Lipinski definition) is 3. The van der Waals surface area contributed by atoms with Gasteiger partial charge in [0.1, 0.15) is 0 Å². The third kappa shape index (κ3) is 5.12. The molecule has 0 aromatic carbocycles. The van der Waals surface area contributed by atoms with Gasteiger partial charge in [0, 0.05) is 11.0 Å². The number of carboxylic acids is 1. The zero-order valence-electron chi connectivity index (χ0n) is 6.84. The van der Waals surface area contributed by atoms with E-state index in [-0.39, 0.29) is 35.3 Å². The molecule has 0 N–H and O–H groups in total. The van der Waals surface area contributed by atoms with Crippen LogP contribution in [0, 0.1) is 0 Å². The number of carboxylic acid groups (broad SMARTS) is 1. The summed E-state index contributed by atoms with van der Waals surface area (Å²) in [5.74, 6) is -0.762. The predicted octanol–water partition coefficient (Wildman–Crippen LogP) is -2.58. The summed E-state index contributed by atoms with van der Waals surface area (Å²) < 4.78 is 0. The quantitative estimate of drug-likeness (QED) is 0.450. The van der Waals surface area contributed by atoms with Gasteiger partial charge in [-0.3, -0.25) is 0 Å². The van der Waals surface area contributed by atoms with Crippen LogP contribution in [-0.4, -0.2) is 17.0 Å². The van der Waals surface area contributed by atoms with Crippen LogP contribution in [0.15, 0.2) is 0 Å². The van der Waals surface area contributed by atoms with Crippen LogP contribution in [0.4, 0.5) is 0 Å². The van der Waals surface area contributed by atoms with Crippen molar-refractivity contribution in [1.29, 1.82) is 0 Å². The summed E-state index contributed by atoms with van der Waals surface area (Å²) in [4.78, 5) is 10.0. The fraction of sp³-hybridized carbons (Fsp3) is 0.857. The van der Waals surface area contributed by atoms with Gasteiger partial charge in [0.25, 0.3) is 0 Å². The van der Waals surface area contributed by atoms with Gasteiger partial charge in [-0.1, -0.05) is 12.8 Å². The third-order valence-electron chi connectivity index (χ3n) is 1.74. The first-order chi connectivity index (χ1) is 4.79. The second kappa shape index (κ2) is 6.35. The van der Waals surface area contributed by atoms with Crippen LogP contribution >= 0.6 is 11.8 Å². The van der Waals surface area contributed by atoms with Crippen molar-refractivity contribution >= 4 is 17.7 Å². The zero-order chi connectivity index (χ0) is 7.40. The molecule has 1 aliphatic carbocycles. The van der Waals surface area contributed by atoms with Gasteiger partial charge in [-0.25, -0.2) is 0 Å². The van der Waals surface area contributed by atoms with Crippen molar-refractivity contribution in [3.8, 4) is 0 Å². The Morgan fingerprint density at radius 2 is 2.00 bits per heavy atom. The first kappa shape index (κ1) is 11.8. The van der Waals surface area contributed by atoms with Crippen LogP contribution in [0.2, 0.25) is 0 Å². The topological polar surface area (TPSA) is 40.1 Å². The van der Waals surface area contributed by atoms with Gasteiger partial charge in [0.05, 0.1) is 5.97 Å². The Morgan fingerprint density at radius 1 is 1.45 bits per heavy atom. The zero-order valence-corrected chi connectivity index (χ0v) is 9.65. The van der Waals surface area contributed by atoms with E-state index in [1.807, 2.05) is 0 Å². The van der Waals surface area contributed by atoms with Gasteiger partial charge in [0.15, 0.2) is 0 Å². The average molecular weight is 182 g/mol. The normalized spacial score (nSPS) is 17.8. The Bertz CT molecular complexity index is 124.